The van der Waals surface area contributed by atoms with Crippen LogP contribution in [0.2, 0.25) is 0 Å². The van der Waals surface area contributed by atoms with Crippen LogP contribution in [-0.2, 0) is 0 Å². The van der Waals surface area contributed by atoms with E-state index in [4.69, 9.17) is 4.74 Å². The summed E-state index contributed by atoms with van der Waals surface area (Å²) in [4.78, 5) is 0. The molecule has 1 heteroatoms. The molecule has 110 valence electrons. The van der Waals surface area contributed by atoms with Crippen molar-refractivity contribution < 1.29 is 4.74 Å². The summed E-state index contributed by atoms with van der Waals surface area (Å²) in [7, 11) is 1.80. The Bertz CT molecular complexity index is 412. The summed E-state index contributed by atoms with van der Waals surface area (Å²) in [6, 6.07) is 8.62. The van der Waals surface area contributed by atoms with Crippen molar-refractivity contribution in [2.75, 3.05) is 7.11 Å². The number of methoxy groups -OCH3 is 1. The molecule has 0 unspecified atom stereocenters. The number of hydrogen-bond donors (Lipinski definition) is 0. The lowest BCUT2D eigenvalue weighted by molar-refractivity contribution is 0.185. The number of benzene rings is 1. The maximum Gasteiger partial charge on any atom is 0.122 e. The first-order valence-electron chi connectivity index (χ1n) is 8.51. The minimum Gasteiger partial charge on any atom is -0.496 e. The fourth-order valence-electron chi connectivity index (χ4n) is 4.51. The monoisotopic (exact) mass is 272 g/mol. The van der Waals surface area contributed by atoms with Gasteiger partial charge >= 0.3 is 0 Å². The minimum atomic E-state index is 0.728. The smallest absolute Gasteiger partial charge is 0.122 e. The van der Waals surface area contributed by atoms with Crippen molar-refractivity contribution in [2.24, 2.45) is 11.8 Å². The van der Waals surface area contributed by atoms with Crippen LogP contribution in [0.1, 0.15) is 69.3 Å². The summed E-state index contributed by atoms with van der Waals surface area (Å²) < 4.78 is 5.54. The maximum atomic E-state index is 5.54. The molecule has 0 bridgehead atoms. The lowest BCUT2D eigenvalue weighted by Crippen LogP contribution is -2.23. The van der Waals surface area contributed by atoms with Crippen LogP contribution < -0.4 is 4.74 Å². The van der Waals surface area contributed by atoms with Gasteiger partial charge in [0.1, 0.15) is 5.75 Å². The predicted molar refractivity (Wildman–Crippen MR) is 84.3 cm³/mol. The molecule has 0 amide bonds. The van der Waals surface area contributed by atoms with Crippen LogP contribution in [-0.4, -0.2) is 7.11 Å². The molecule has 2 aliphatic rings. The van der Waals surface area contributed by atoms with Gasteiger partial charge in [0.15, 0.2) is 0 Å². The average Bonchev–Trinajstić information content (AvgIpc) is 2.56. The summed E-state index contributed by atoms with van der Waals surface area (Å²) in [5.41, 5.74) is 1.44. The van der Waals surface area contributed by atoms with Gasteiger partial charge in [-0.05, 0) is 55.1 Å². The molecular weight excluding hydrogens is 244 g/mol. The van der Waals surface area contributed by atoms with E-state index in [0.717, 1.165) is 23.5 Å². The number of hydrogen-bond acceptors (Lipinski definition) is 1. The minimum absolute atomic E-state index is 0.728. The van der Waals surface area contributed by atoms with Gasteiger partial charge in [-0.15, -0.1) is 0 Å². The van der Waals surface area contributed by atoms with Crippen LogP contribution in [0.15, 0.2) is 24.3 Å². The Kier molecular flexibility index (Phi) is 4.65. The lowest BCUT2D eigenvalue weighted by atomic mass is 9.70. The number of ether oxygens (including phenoxy) is 1. The molecule has 20 heavy (non-hydrogen) atoms. The molecule has 2 aliphatic carbocycles. The van der Waals surface area contributed by atoms with Gasteiger partial charge in [-0.2, -0.15) is 0 Å². The molecule has 0 aliphatic heterocycles. The number of rotatable bonds is 3. The Morgan fingerprint density at radius 2 is 1.45 bits per heavy atom. The Balaban J connectivity index is 1.60. The van der Waals surface area contributed by atoms with Gasteiger partial charge in [0.05, 0.1) is 7.11 Å². The van der Waals surface area contributed by atoms with Gasteiger partial charge in [0.2, 0.25) is 0 Å². The molecule has 3 rings (SSSR count). The molecule has 0 radical (unpaired) electrons. The highest BCUT2D eigenvalue weighted by Gasteiger charge is 2.29. The Morgan fingerprint density at radius 1 is 0.800 bits per heavy atom. The van der Waals surface area contributed by atoms with Crippen LogP contribution in [0.4, 0.5) is 0 Å². The third-order valence-electron chi connectivity index (χ3n) is 5.67. The van der Waals surface area contributed by atoms with Gasteiger partial charge in [0, 0.05) is 0 Å². The van der Waals surface area contributed by atoms with Crippen molar-refractivity contribution in [3.05, 3.63) is 29.8 Å². The fraction of sp³-hybridized carbons (Fsp3) is 0.684. The zero-order valence-electron chi connectivity index (χ0n) is 12.8. The second kappa shape index (κ2) is 6.65. The van der Waals surface area contributed by atoms with Crippen molar-refractivity contribution in [2.45, 2.75) is 63.7 Å². The van der Waals surface area contributed by atoms with Crippen molar-refractivity contribution in [3.8, 4) is 5.75 Å². The van der Waals surface area contributed by atoms with E-state index in [0.29, 0.717) is 0 Å². The molecule has 1 aromatic rings. The SMILES string of the molecule is COc1ccccc1C1CCC(C2CCCCC2)CC1. The predicted octanol–water partition coefficient (Wildman–Crippen LogP) is 5.55. The summed E-state index contributed by atoms with van der Waals surface area (Å²) in [6.07, 6.45) is 13.1. The van der Waals surface area contributed by atoms with E-state index in [2.05, 4.69) is 24.3 Å². The number of para-hydroxylation sites is 1. The van der Waals surface area contributed by atoms with Gasteiger partial charge in [0.25, 0.3) is 0 Å². The van der Waals surface area contributed by atoms with Crippen molar-refractivity contribution >= 4 is 0 Å². The second-order valence-electron chi connectivity index (χ2n) is 6.75. The van der Waals surface area contributed by atoms with E-state index in [1.54, 1.807) is 7.11 Å². The van der Waals surface area contributed by atoms with E-state index in [1.165, 1.54) is 63.4 Å². The highest BCUT2D eigenvalue weighted by Crippen LogP contribution is 2.44. The zero-order chi connectivity index (χ0) is 13.8. The molecule has 0 spiro atoms. The largest absolute Gasteiger partial charge is 0.496 e. The highest BCUT2D eigenvalue weighted by atomic mass is 16.5. The van der Waals surface area contributed by atoms with Crippen molar-refractivity contribution in [3.63, 3.8) is 0 Å². The zero-order valence-corrected chi connectivity index (χ0v) is 12.8. The van der Waals surface area contributed by atoms with Crippen LogP contribution in [0.25, 0.3) is 0 Å². The Labute approximate surface area is 123 Å². The van der Waals surface area contributed by atoms with Crippen molar-refractivity contribution in [1.29, 1.82) is 0 Å². The summed E-state index contributed by atoms with van der Waals surface area (Å²) in [5.74, 6) is 3.88. The van der Waals surface area contributed by atoms with E-state index in [1.807, 2.05) is 0 Å². The van der Waals surface area contributed by atoms with Gasteiger partial charge in [-0.25, -0.2) is 0 Å². The topological polar surface area (TPSA) is 9.23 Å². The summed E-state index contributed by atoms with van der Waals surface area (Å²) in [6.45, 7) is 0. The Hall–Kier alpha value is -0.980. The molecule has 2 saturated carbocycles. The normalized spacial score (nSPS) is 28.2. The standard InChI is InChI=1S/C19H28O/c1-20-19-10-6-5-9-18(19)17-13-11-16(12-14-17)15-7-3-2-4-8-15/h5-6,9-10,15-17H,2-4,7-8,11-14H2,1H3. The summed E-state index contributed by atoms with van der Waals surface area (Å²) in [5, 5.41) is 0. The molecule has 2 fully saturated rings. The van der Waals surface area contributed by atoms with E-state index >= 15 is 0 Å². The highest BCUT2D eigenvalue weighted by molar-refractivity contribution is 5.36. The second-order valence-corrected chi connectivity index (χ2v) is 6.75. The van der Waals surface area contributed by atoms with Crippen LogP contribution in [0, 0.1) is 11.8 Å². The summed E-state index contributed by atoms with van der Waals surface area (Å²) >= 11 is 0. The van der Waals surface area contributed by atoms with E-state index < -0.39 is 0 Å². The quantitative estimate of drug-likeness (QED) is 0.701. The third kappa shape index (κ3) is 3.02. The molecule has 0 N–H and O–H groups in total. The van der Waals surface area contributed by atoms with Gasteiger partial charge in [-0.3, -0.25) is 0 Å². The molecule has 1 aromatic carbocycles. The van der Waals surface area contributed by atoms with Crippen LogP contribution in [0.5, 0.6) is 5.75 Å². The first kappa shape index (κ1) is 14.0. The van der Waals surface area contributed by atoms with E-state index in [9.17, 15) is 0 Å². The van der Waals surface area contributed by atoms with Crippen LogP contribution >= 0.6 is 0 Å². The Morgan fingerprint density at radius 3 is 2.15 bits per heavy atom. The first-order valence-corrected chi connectivity index (χ1v) is 8.51. The van der Waals surface area contributed by atoms with Gasteiger partial charge in [-0.1, -0.05) is 50.3 Å². The molecule has 0 atom stereocenters. The molecule has 0 heterocycles. The maximum absolute atomic E-state index is 5.54. The first-order chi connectivity index (χ1) is 9.88. The fourth-order valence-corrected chi connectivity index (χ4v) is 4.51. The average molecular weight is 272 g/mol. The molecule has 0 saturated heterocycles. The van der Waals surface area contributed by atoms with E-state index in [-0.39, 0.29) is 0 Å². The molecule has 1 nitrogen and oxygen atoms in total. The van der Waals surface area contributed by atoms with Crippen LogP contribution in [0.3, 0.4) is 0 Å². The lowest BCUT2D eigenvalue weighted by Gasteiger charge is -2.36. The molecular formula is C19H28O. The van der Waals surface area contributed by atoms with Crippen molar-refractivity contribution in [1.82, 2.24) is 0 Å². The third-order valence-corrected chi connectivity index (χ3v) is 5.67. The molecule has 0 aromatic heterocycles. The van der Waals surface area contributed by atoms with Gasteiger partial charge < -0.3 is 4.74 Å².